The first-order valence-corrected chi connectivity index (χ1v) is 10.4. The van der Waals surface area contributed by atoms with Crippen LogP contribution in [0.5, 0.6) is 0 Å². The lowest BCUT2D eigenvalue weighted by Gasteiger charge is -2.31. The summed E-state index contributed by atoms with van der Waals surface area (Å²) in [5, 5.41) is 3.98. The molecule has 0 spiro atoms. The van der Waals surface area contributed by atoms with E-state index in [4.69, 9.17) is 0 Å². The standard InChI is InChI=1S/C22H27N3O2/c26-19(13-25-11-9-15(10-12-25)14-5-6-14)24-20-17-3-1-2-4-18(17)23-21(20)22(27)16-7-8-16/h1-4,14-16,23H,5-13H2,(H,24,26). The van der Waals surface area contributed by atoms with E-state index >= 15 is 0 Å². The lowest BCUT2D eigenvalue weighted by Crippen LogP contribution is -2.39. The number of hydrogen-bond donors (Lipinski definition) is 2. The fourth-order valence-corrected chi connectivity index (χ4v) is 4.54. The van der Waals surface area contributed by atoms with Crippen LogP contribution in [0.1, 0.15) is 49.0 Å². The molecule has 0 unspecified atom stereocenters. The average molecular weight is 365 g/mol. The highest BCUT2D eigenvalue weighted by Gasteiger charge is 2.35. The van der Waals surface area contributed by atoms with Gasteiger partial charge in [-0.15, -0.1) is 0 Å². The number of H-pyrrole nitrogens is 1. The minimum atomic E-state index is -0.0190. The number of fused-ring (bicyclic) bond motifs is 1. The highest BCUT2D eigenvalue weighted by Crippen LogP contribution is 2.41. The molecule has 5 rings (SSSR count). The minimum absolute atomic E-state index is 0.0190. The quantitative estimate of drug-likeness (QED) is 0.765. The van der Waals surface area contributed by atoms with Crippen LogP contribution < -0.4 is 5.32 Å². The number of para-hydroxylation sites is 1. The summed E-state index contributed by atoms with van der Waals surface area (Å²) in [4.78, 5) is 30.9. The lowest BCUT2D eigenvalue weighted by atomic mass is 9.92. The zero-order valence-electron chi connectivity index (χ0n) is 15.7. The molecule has 1 amide bonds. The Morgan fingerprint density at radius 2 is 1.70 bits per heavy atom. The van der Waals surface area contributed by atoms with E-state index in [-0.39, 0.29) is 17.6 Å². The van der Waals surface area contributed by atoms with E-state index in [1.165, 1.54) is 25.7 Å². The Bertz CT molecular complexity index is 871. The van der Waals surface area contributed by atoms with E-state index in [2.05, 4.69) is 15.2 Å². The van der Waals surface area contributed by atoms with Gasteiger partial charge in [0.2, 0.25) is 5.91 Å². The van der Waals surface area contributed by atoms with Gasteiger partial charge in [0.15, 0.2) is 5.78 Å². The molecule has 2 heterocycles. The van der Waals surface area contributed by atoms with Crippen molar-refractivity contribution in [3.05, 3.63) is 30.0 Å². The summed E-state index contributed by atoms with van der Waals surface area (Å²) < 4.78 is 0. The summed E-state index contributed by atoms with van der Waals surface area (Å²) in [7, 11) is 0. The number of likely N-dealkylation sites (tertiary alicyclic amines) is 1. The minimum Gasteiger partial charge on any atom is -0.350 e. The van der Waals surface area contributed by atoms with Crippen LogP contribution in [0.15, 0.2) is 24.3 Å². The molecule has 2 saturated carbocycles. The van der Waals surface area contributed by atoms with Crippen molar-refractivity contribution in [1.29, 1.82) is 0 Å². The number of amides is 1. The maximum Gasteiger partial charge on any atom is 0.238 e. The van der Waals surface area contributed by atoms with E-state index < -0.39 is 0 Å². The molecular weight excluding hydrogens is 338 g/mol. The Kier molecular flexibility index (Phi) is 4.27. The zero-order valence-corrected chi connectivity index (χ0v) is 15.7. The molecule has 2 aliphatic carbocycles. The predicted molar refractivity (Wildman–Crippen MR) is 106 cm³/mol. The normalized spacial score (nSPS) is 21.5. The van der Waals surface area contributed by atoms with Crippen molar-refractivity contribution in [3.63, 3.8) is 0 Å². The van der Waals surface area contributed by atoms with Gasteiger partial charge < -0.3 is 10.3 Å². The van der Waals surface area contributed by atoms with Crippen molar-refractivity contribution < 1.29 is 9.59 Å². The molecule has 0 radical (unpaired) electrons. The van der Waals surface area contributed by atoms with Gasteiger partial charge in [0.25, 0.3) is 0 Å². The summed E-state index contributed by atoms with van der Waals surface area (Å²) in [5.41, 5.74) is 2.14. The first kappa shape index (κ1) is 17.0. The Morgan fingerprint density at radius 1 is 1.00 bits per heavy atom. The molecule has 1 aromatic heterocycles. The first-order valence-electron chi connectivity index (χ1n) is 10.4. The first-order chi connectivity index (χ1) is 13.2. The van der Waals surface area contributed by atoms with E-state index in [0.717, 1.165) is 48.7 Å². The third kappa shape index (κ3) is 3.53. The second kappa shape index (κ2) is 6.79. The molecule has 142 valence electrons. The second-order valence-corrected chi connectivity index (χ2v) is 8.56. The number of hydrogen-bond acceptors (Lipinski definition) is 3. The van der Waals surface area contributed by atoms with Gasteiger partial charge in [-0.2, -0.15) is 0 Å². The van der Waals surface area contributed by atoms with Gasteiger partial charge in [-0.1, -0.05) is 18.2 Å². The topological polar surface area (TPSA) is 65.2 Å². The van der Waals surface area contributed by atoms with Gasteiger partial charge in [0.1, 0.15) is 5.69 Å². The molecule has 0 bridgehead atoms. The van der Waals surface area contributed by atoms with Crippen LogP contribution >= 0.6 is 0 Å². The van der Waals surface area contributed by atoms with Crippen molar-refractivity contribution >= 4 is 28.3 Å². The molecule has 3 aliphatic rings. The Morgan fingerprint density at radius 3 is 2.41 bits per heavy atom. The number of carbonyl (C=O) groups excluding carboxylic acids is 2. The third-order valence-electron chi connectivity index (χ3n) is 6.45. The Labute approximate surface area is 159 Å². The van der Waals surface area contributed by atoms with Gasteiger partial charge in [0, 0.05) is 16.8 Å². The summed E-state index contributed by atoms with van der Waals surface area (Å²) in [5.74, 6) is 2.07. The number of rotatable bonds is 6. The summed E-state index contributed by atoms with van der Waals surface area (Å²) in [6.45, 7) is 2.43. The van der Waals surface area contributed by atoms with Gasteiger partial charge in [-0.25, -0.2) is 0 Å². The number of anilines is 1. The van der Waals surface area contributed by atoms with Crippen LogP contribution in [0.4, 0.5) is 5.69 Å². The van der Waals surface area contributed by atoms with Crippen LogP contribution in [0.25, 0.3) is 10.9 Å². The molecule has 1 aromatic carbocycles. The molecule has 2 N–H and O–H groups in total. The smallest absolute Gasteiger partial charge is 0.238 e. The summed E-state index contributed by atoms with van der Waals surface area (Å²) in [6.07, 6.45) is 7.16. The van der Waals surface area contributed by atoms with Gasteiger partial charge >= 0.3 is 0 Å². The van der Waals surface area contributed by atoms with Crippen LogP contribution in [0.2, 0.25) is 0 Å². The van der Waals surface area contributed by atoms with E-state index in [0.29, 0.717) is 17.9 Å². The third-order valence-corrected chi connectivity index (χ3v) is 6.45. The number of aromatic nitrogens is 1. The van der Waals surface area contributed by atoms with Crippen molar-refractivity contribution in [3.8, 4) is 0 Å². The predicted octanol–water partition coefficient (Wildman–Crippen LogP) is 3.82. The maximum absolute atomic E-state index is 12.7. The Balaban J connectivity index is 1.29. The highest BCUT2D eigenvalue weighted by atomic mass is 16.2. The molecule has 27 heavy (non-hydrogen) atoms. The van der Waals surface area contributed by atoms with Gasteiger partial charge in [-0.3, -0.25) is 14.5 Å². The number of piperidine rings is 1. The van der Waals surface area contributed by atoms with Crippen molar-refractivity contribution in [2.24, 2.45) is 17.8 Å². The molecule has 5 heteroatoms. The van der Waals surface area contributed by atoms with Gasteiger partial charge in [-0.05, 0) is 69.5 Å². The molecule has 2 aromatic rings. The van der Waals surface area contributed by atoms with Crippen molar-refractivity contribution in [1.82, 2.24) is 9.88 Å². The number of nitrogens with one attached hydrogen (secondary N) is 2. The fourth-order valence-electron chi connectivity index (χ4n) is 4.54. The average Bonchev–Trinajstić information content (AvgIpc) is 3.59. The second-order valence-electron chi connectivity index (χ2n) is 8.56. The van der Waals surface area contributed by atoms with E-state index in [9.17, 15) is 9.59 Å². The molecular formula is C22H27N3O2. The number of Topliss-reactive ketones (excluding diaryl/α,β-unsaturated/α-hetero) is 1. The fraction of sp³-hybridized carbons (Fsp3) is 0.545. The largest absolute Gasteiger partial charge is 0.350 e. The van der Waals surface area contributed by atoms with Crippen LogP contribution in [0, 0.1) is 17.8 Å². The van der Waals surface area contributed by atoms with E-state index in [1.54, 1.807) is 0 Å². The SMILES string of the molecule is O=C(CN1CCC(C2CC2)CC1)Nc1c(C(=O)C2CC2)[nH]c2ccccc12. The molecule has 1 aliphatic heterocycles. The molecule has 0 atom stereocenters. The number of benzene rings is 1. The number of nitrogens with zero attached hydrogens (tertiary/aromatic N) is 1. The highest BCUT2D eigenvalue weighted by molar-refractivity contribution is 6.14. The van der Waals surface area contributed by atoms with Crippen molar-refractivity contribution in [2.45, 2.75) is 38.5 Å². The Hall–Kier alpha value is -2.14. The lowest BCUT2D eigenvalue weighted by molar-refractivity contribution is -0.117. The van der Waals surface area contributed by atoms with Gasteiger partial charge in [0.05, 0.1) is 12.2 Å². The van der Waals surface area contributed by atoms with Crippen LogP contribution in [-0.4, -0.2) is 41.2 Å². The maximum atomic E-state index is 12.7. The number of ketones is 1. The van der Waals surface area contributed by atoms with Crippen molar-refractivity contribution in [2.75, 3.05) is 25.0 Å². The number of aromatic amines is 1. The number of carbonyl (C=O) groups is 2. The summed E-state index contributed by atoms with van der Waals surface area (Å²) >= 11 is 0. The molecule has 5 nitrogen and oxygen atoms in total. The molecule has 1 saturated heterocycles. The molecule has 3 fully saturated rings. The monoisotopic (exact) mass is 365 g/mol. The summed E-state index contributed by atoms with van der Waals surface area (Å²) in [6, 6.07) is 7.81. The van der Waals surface area contributed by atoms with E-state index in [1.807, 2.05) is 24.3 Å². The zero-order chi connectivity index (χ0) is 18.4. The van der Waals surface area contributed by atoms with Crippen LogP contribution in [-0.2, 0) is 4.79 Å². The van der Waals surface area contributed by atoms with Crippen LogP contribution in [0.3, 0.4) is 0 Å².